The molecule has 4 aliphatic rings. The number of nitrogens with one attached hydrogen (secondary N) is 1. The van der Waals surface area contributed by atoms with Crippen LogP contribution in [0.15, 0.2) is 66.3 Å². The topological polar surface area (TPSA) is 38.3 Å². The van der Waals surface area contributed by atoms with Crippen LogP contribution in [-0.4, -0.2) is 25.0 Å². The molecule has 37 heavy (non-hydrogen) atoms. The lowest BCUT2D eigenvalue weighted by Crippen LogP contribution is -2.25. The smallest absolute Gasteiger partial charge is 0.166 e. The van der Waals surface area contributed by atoms with Gasteiger partial charge in [0.15, 0.2) is 5.78 Å². The number of carbonyl (C=O) groups excluding carboxylic acids is 1. The van der Waals surface area contributed by atoms with Gasteiger partial charge in [0, 0.05) is 42.3 Å². The zero-order chi connectivity index (χ0) is 25.2. The van der Waals surface area contributed by atoms with Gasteiger partial charge in [0.1, 0.15) is 0 Å². The van der Waals surface area contributed by atoms with E-state index in [2.05, 4.69) is 66.9 Å². The molecule has 0 aromatic heterocycles. The molecule has 3 aliphatic carbocycles. The van der Waals surface area contributed by atoms with Gasteiger partial charge < -0.3 is 10.1 Å². The van der Waals surface area contributed by atoms with Crippen molar-refractivity contribution >= 4 is 17.5 Å². The first kappa shape index (κ1) is 24.4. The average Bonchev–Trinajstić information content (AvgIpc) is 3.61. The van der Waals surface area contributed by atoms with Gasteiger partial charge in [-0.05, 0) is 97.2 Å². The number of fused-ring (bicyclic) bond motifs is 1. The largest absolute Gasteiger partial charge is 0.382 e. The minimum Gasteiger partial charge on any atom is -0.382 e. The molecule has 3 heteroatoms. The Labute approximate surface area is 221 Å². The van der Waals surface area contributed by atoms with Crippen molar-refractivity contribution in [3.63, 3.8) is 0 Å². The third kappa shape index (κ3) is 5.38. The van der Waals surface area contributed by atoms with Crippen molar-refractivity contribution in [2.45, 2.75) is 70.3 Å². The highest BCUT2D eigenvalue weighted by molar-refractivity contribution is 5.97. The van der Waals surface area contributed by atoms with E-state index in [-0.39, 0.29) is 11.7 Å². The minimum atomic E-state index is 0.106. The van der Waals surface area contributed by atoms with Crippen molar-refractivity contribution < 1.29 is 9.53 Å². The van der Waals surface area contributed by atoms with Crippen molar-refractivity contribution in [2.75, 3.05) is 18.5 Å². The van der Waals surface area contributed by atoms with Gasteiger partial charge >= 0.3 is 0 Å². The normalized spacial score (nSPS) is 25.2. The molecule has 0 bridgehead atoms. The Morgan fingerprint density at radius 1 is 0.973 bits per heavy atom. The SMILES string of the molecule is CC1CCC(Nc2cc(Cc3ccc(C(=O)C4CCOCC4)cc3)c3c(c2)C(C2=CCC=C2)C=C3)CC1. The predicted octanol–water partition coefficient (Wildman–Crippen LogP) is 7.87. The minimum absolute atomic E-state index is 0.106. The molecule has 1 N–H and O–H groups in total. The van der Waals surface area contributed by atoms with Crippen LogP contribution in [0.5, 0.6) is 0 Å². The summed E-state index contributed by atoms with van der Waals surface area (Å²) in [6, 6.07) is 13.7. The molecule has 192 valence electrons. The summed E-state index contributed by atoms with van der Waals surface area (Å²) < 4.78 is 5.44. The van der Waals surface area contributed by atoms with Crippen LogP contribution in [0.25, 0.3) is 6.08 Å². The van der Waals surface area contributed by atoms with Crippen LogP contribution < -0.4 is 5.32 Å². The number of anilines is 1. The van der Waals surface area contributed by atoms with Gasteiger partial charge in [-0.2, -0.15) is 0 Å². The summed E-state index contributed by atoms with van der Waals surface area (Å²) >= 11 is 0. The molecule has 2 fully saturated rings. The number of hydrogen-bond donors (Lipinski definition) is 1. The summed E-state index contributed by atoms with van der Waals surface area (Å²) in [4.78, 5) is 13.0. The molecule has 0 spiro atoms. The van der Waals surface area contributed by atoms with Crippen LogP contribution in [0.2, 0.25) is 0 Å². The Morgan fingerprint density at radius 3 is 2.49 bits per heavy atom. The van der Waals surface area contributed by atoms with E-state index in [4.69, 9.17) is 4.74 Å². The number of hydrogen-bond acceptors (Lipinski definition) is 3. The van der Waals surface area contributed by atoms with Crippen LogP contribution in [0, 0.1) is 11.8 Å². The average molecular weight is 494 g/mol. The highest BCUT2D eigenvalue weighted by atomic mass is 16.5. The van der Waals surface area contributed by atoms with E-state index in [1.54, 1.807) is 0 Å². The van der Waals surface area contributed by atoms with Gasteiger partial charge in [-0.15, -0.1) is 0 Å². The number of benzene rings is 2. The predicted molar refractivity (Wildman–Crippen MR) is 152 cm³/mol. The molecule has 2 aromatic carbocycles. The Morgan fingerprint density at radius 2 is 1.76 bits per heavy atom. The van der Waals surface area contributed by atoms with Crippen molar-refractivity contribution in [3.05, 3.63) is 94.1 Å². The van der Waals surface area contributed by atoms with Gasteiger partial charge in [-0.3, -0.25) is 4.79 Å². The maximum absolute atomic E-state index is 13.0. The van der Waals surface area contributed by atoms with E-state index in [0.717, 1.165) is 37.2 Å². The Hall–Kier alpha value is -2.91. The second-order valence-corrected chi connectivity index (χ2v) is 11.5. The van der Waals surface area contributed by atoms with Crippen LogP contribution in [0.1, 0.15) is 90.4 Å². The molecule has 1 saturated carbocycles. The lowest BCUT2D eigenvalue weighted by molar-refractivity contribution is 0.0545. The van der Waals surface area contributed by atoms with Crippen LogP contribution in [0.4, 0.5) is 5.69 Å². The summed E-state index contributed by atoms with van der Waals surface area (Å²) in [5.74, 6) is 1.58. The van der Waals surface area contributed by atoms with Gasteiger partial charge in [0.2, 0.25) is 0 Å². The first-order valence-electron chi connectivity index (χ1n) is 14.3. The van der Waals surface area contributed by atoms with E-state index in [0.29, 0.717) is 25.2 Å². The fourth-order valence-corrected chi connectivity index (χ4v) is 6.56. The molecule has 1 aliphatic heterocycles. The standard InChI is InChI=1S/C34H39NO2/c1-23-6-12-29(13-7-23)35-30-21-28(32-15-14-31(33(32)22-30)25-4-2-3-5-25)20-24-8-10-26(11-9-24)34(36)27-16-18-37-19-17-27/h2,4-5,8-11,14-15,21-23,27,29,31,35H,3,6-7,12-13,16-20H2,1H3. The van der Waals surface area contributed by atoms with E-state index in [9.17, 15) is 4.79 Å². The number of Topliss-reactive ketones (excluding diaryl/α,β-unsaturated/α-hetero) is 1. The summed E-state index contributed by atoms with van der Waals surface area (Å²) in [5.41, 5.74) is 8.93. The Bertz CT molecular complexity index is 1220. The molecule has 3 nitrogen and oxygen atoms in total. The van der Waals surface area contributed by atoms with Crippen molar-refractivity contribution in [1.82, 2.24) is 0 Å². The number of ether oxygens (including phenoxy) is 1. The maximum Gasteiger partial charge on any atom is 0.166 e. The van der Waals surface area contributed by atoms with E-state index in [1.165, 1.54) is 59.2 Å². The highest BCUT2D eigenvalue weighted by Crippen LogP contribution is 2.41. The third-order valence-corrected chi connectivity index (χ3v) is 8.86. The van der Waals surface area contributed by atoms with Crippen molar-refractivity contribution in [3.8, 4) is 0 Å². The van der Waals surface area contributed by atoms with E-state index < -0.39 is 0 Å². The first-order valence-corrected chi connectivity index (χ1v) is 14.3. The Kier molecular flexibility index (Phi) is 7.15. The molecule has 0 radical (unpaired) electrons. The summed E-state index contributed by atoms with van der Waals surface area (Å²) in [5, 5.41) is 3.91. The molecule has 1 saturated heterocycles. The molecule has 2 aromatic rings. The summed E-state index contributed by atoms with van der Waals surface area (Å²) in [6.07, 6.45) is 20.4. The van der Waals surface area contributed by atoms with Gasteiger partial charge in [0.25, 0.3) is 0 Å². The molecule has 1 unspecified atom stereocenters. The van der Waals surface area contributed by atoms with Gasteiger partial charge in [0.05, 0.1) is 0 Å². The van der Waals surface area contributed by atoms with Crippen LogP contribution in [-0.2, 0) is 11.2 Å². The molecule has 6 rings (SSSR count). The molecule has 1 heterocycles. The van der Waals surface area contributed by atoms with Crippen LogP contribution in [0.3, 0.4) is 0 Å². The van der Waals surface area contributed by atoms with E-state index in [1.807, 2.05) is 12.1 Å². The number of ketones is 1. The number of allylic oxidation sites excluding steroid dienone is 5. The molecule has 1 atom stereocenters. The monoisotopic (exact) mass is 493 g/mol. The van der Waals surface area contributed by atoms with Crippen LogP contribution >= 0.6 is 0 Å². The van der Waals surface area contributed by atoms with Crippen molar-refractivity contribution in [1.29, 1.82) is 0 Å². The zero-order valence-electron chi connectivity index (χ0n) is 22.0. The quantitative estimate of drug-likeness (QED) is 0.399. The zero-order valence-corrected chi connectivity index (χ0v) is 22.0. The van der Waals surface area contributed by atoms with Crippen molar-refractivity contribution in [2.24, 2.45) is 11.8 Å². The molecular formula is C34H39NO2. The third-order valence-electron chi connectivity index (χ3n) is 8.86. The Balaban J connectivity index is 1.25. The summed E-state index contributed by atoms with van der Waals surface area (Å²) in [7, 11) is 0. The van der Waals surface area contributed by atoms with Gasteiger partial charge in [-0.25, -0.2) is 0 Å². The fraction of sp³-hybridized carbons (Fsp3) is 0.441. The first-order chi connectivity index (χ1) is 18.1. The number of rotatable bonds is 7. The number of carbonyl (C=O) groups is 1. The molecule has 0 amide bonds. The highest BCUT2D eigenvalue weighted by Gasteiger charge is 2.26. The molecular weight excluding hydrogens is 454 g/mol. The summed E-state index contributed by atoms with van der Waals surface area (Å²) in [6.45, 7) is 3.78. The lowest BCUT2D eigenvalue weighted by atomic mass is 9.86. The maximum atomic E-state index is 13.0. The second kappa shape index (κ2) is 10.8. The van der Waals surface area contributed by atoms with Gasteiger partial charge in [-0.1, -0.05) is 61.6 Å². The second-order valence-electron chi connectivity index (χ2n) is 11.5. The fourth-order valence-electron chi connectivity index (χ4n) is 6.56. The lowest BCUT2D eigenvalue weighted by Gasteiger charge is -2.28. The van der Waals surface area contributed by atoms with E-state index >= 15 is 0 Å².